The molecule has 150 valence electrons. The lowest BCUT2D eigenvalue weighted by atomic mass is 10.1. The van der Waals surface area contributed by atoms with Crippen molar-refractivity contribution in [3.05, 3.63) is 54.5 Å². The molecule has 0 spiro atoms. The highest BCUT2D eigenvalue weighted by atomic mass is 16.5. The predicted molar refractivity (Wildman–Crippen MR) is 114 cm³/mol. The van der Waals surface area contributed by atoms with Crippen LogP contribution in [0.3, 0.4) is 0 Å². The standard InChI is InChI=1S/C22H22N7O/c1-14(2)12-29-20(15-6-8-23-9-7-15)18(11-24-29)22-25-21(27-30-22)16-4-5-19-17(10-16)13-28(3)26-19/h4-11,14,26H,3,12-13H2,1-2H3/q+1. The molecule has 0 aliphatic carbocycles. The average Bonchev–Trinajstić information content (AvgIpc) is 3.44. The summed E-state index contributed by atoms with van der Waals surface area (Å²) >= 11 is 0. The third-order valence-corrected chi connectivity index (χ3v) is 4.99. The average molecular weight is 400 g/mol. The lowest BCUT2D eigenvalue weighted by Gasteiger charge is -2.10. The smallest absolute Gasteiger partial charge is 0.262 e. The van der Waals surface area contributed by atoms with Crippen LogP contribution in [-0.4, -0.2) is 36.3 Å². The van der Waals surface area contributed by atoms with Crippen molar-refractivity contribution in [1.82, 2.24) is 24.9 Å². The van der Waals surface area contributed by atoms with Crippen molar-refractivity contribution in [2.45, 2.75) is 26.9 Å². The Bertz CT molecular complexity index is 1220. The van der Waals surface area contributed by atoms with E-state index in [1.807, 2.05) is 28.9 Å². The largest absolute Gasteiger partial charge is 0.333 e. The molecule has 0 amide bonds. The highest BCUT2D eigenvalue weighted by Gasteiger charge is 2.23. The van der Waals surface area contributed by atoms with Gasteiger partial charge in [0.05, 0.1) is 17.5 Å². The summed E-state index contributed by atoms with van der Waals surface area (Å²) in [7, 11) is 0. The van der Waals surface area contributed by atoms with Crippen LogP contribution >= 0.6 is 0 Å². The molecule has 5 rings (SSSR count). The predicted octanol–water partition coefficient (Wildman–Crippen LogP) is 3.87. The zero-order valence-electron chi connectivity index (χ0n) is 16.9. The molecule has 1 aromatic carbocycles. The monoisotopic (exact) mass is 400 g/mol. The first-order valence-electron chi connectivity index (χ1n) is 9.87. The maximum Gasteiger partial charge on any atom is 0.262 e. The highest BCUT2D eigenvalue weighted by Crippen LogP contribution is 2.33. The van der Waals surface area contributed by atoms with E-state index in [9.17, 15) is 0 Å². The number of hydrazone groups is 1. The Morgan fingerprint density at radius 3 is 2.83 bits per heavy atom. The first-order valence-corrected chi connectivity index (χ1v) is 9.87. The minimum absolute atomic E-state index is 0.448. The normalized spacial score (nSPS) is 13.0. The molecule has 30 heavy (non-hydrogen) atoms. The number of aromatic nitrogens is 5. The SMILES string of the molecule is C=[N+]1Cc2cc(-c3noc(-c4cnn(CC(C)C)c4-c4ccncc4)n3)ccc2N1. The molecule has 1 aliphatic rings. The van der Waals surface area contributed by atoms with E-state index in [1.54, 1.807) is 23.3 Å². The molecule has 0 saturated carbocycles. The number of pyridine rings is 1. The number of hydrazine groups is 1. The Hall–Kier alpha value is -3.81. The summed E-state index contributed by atoms with van der Waals surface area (Å²) in [6.07, 6.45) is 5.34. The quantitative estimate of drug-likeness (QED) is 0.512. The molecular formula is C22H22N7O+. The van der Waals surface area contributed by atoms with Gasteiger partial charge in [0.1, 0.15) is 5.69 Å². The van der Waals surface area contributed by atoms with Crippen molar-refractivity contribution in [2.24, 2.45) is 5.92 Å². The Kier molecular flexibility index (Phi) is 4.39. The number of nitrogens with zero attached hydrogens (tertiary/aromatic N) is 6. The molecule has 8 nitrogen and oxygen atoms in total. The second-order valence-electron chi connectivity index (χ2n) is 7.82. The fourth-order valence-electron chi connectivity index (χ4n) is 3.68. The number of rotatable bonds is 5. The maximum absolute atomic E-state index is 5.66. The first kappa shape index (κ1) is 18.2. The van der Waals surface area contributed by atoms with Gasteiger partial charge in [-0.3, -0.25) is 9.67 Å². The van der Waals surface area contributed by atoms with Gasteiger partial charge in [0.25, 0.3) is 5.89 Å². The Morgan fingerprint density at radius 2 is 2.03 bits per heavy atom. The number of fused-ring (bicyclic) bond motifs is 1. The minimum Gasteiger partial charge on any atom is -0.333 e. The molecular weight excluding hydrogens is 378 g/mol. The van der Waals surface area contributed by atoms with Crippen molar-refractivity contribution < 1.29 is 9.21 Å². The molecule has 0 unspecified atom stereocenters. The fourth-order valence-corrected chi connectivity index (χ4v) is 3.68. The molecule has 8 heteroatoms. The Labute approximate surface area is 173 Å². The zero-order chi connectivity index (χ0) is 20.7. The van der Waals surface area contributed by atoms with E-state index < -0.39 is 0 Å². The number of hydrogen-bond acceptors (Lipinski definition) is 6. The molecule has 0 bridgehead atoms. The van der Waals surface area contributed by atoms with E-state index in [1.165, 1.54) is 0 Å². The number of benzene rings is 1. The number of anilines is 1. The molecule has 0 saturated heterocycles. The van der Waals surface area contributed by atoms with Gasteiger partial charge in [0.15, 0.2) is 13.3 Å². The van der Waals surface area contributed by atoms with Gasteiger partial charge in [-0.25, -0.2) is 0 Å². The minimum atomic E-state index is 0.448. The van der Waals surface area contributed by atoms with E-state index in [-0.39, 0.29) is 0 Å². The topological polar surface area (TPSA) is 84.7 Å². The van der Waals surface area contributed by atoms with Gasteiger partial charge in [-0.05, 0) is 36.2 Å². The van der Waals surface area contributed by atoms with Crippen molar-refractivity contribution in [3.63, 3.8) is 0 Å². The molecule has 0 atom stereocenters. The van der Waals surface area contributed by atoms with Crippen LogP contribution < -0.4 is 5.43 Å². The summed E-state index contributed by atoms with van der Waals surface area (Å²) in [5.74, 6) is 1.45. The number of nitrogens with one attached hydrogen (secondary N) is 1. The third kappa shape index (κ3) is 3.26. The van der Waals surface area contributed by atoms with Crippen molar-refractivity contribution in [1.29, 1.82) is 0 Å². The van der Waals surface area contributed by atoms with Crippen molar-refractivity contribution >= 4 is 12.4 Å². The van der Waals surface area contributed by atoms with Crippen LogP contribution in [0.1, 0.15) is 19.4 Å². The van der Waals surface area contributed by atoms with E-state index in [2.05, 4.69) is 52.3 Å². The van der Waals surface area contributed by atoms with Gasteiger partial charge < -0.3 is 4.52 Å². The van der Waals surface area contributed by atoms with Crippen LogP contribution in [0.4, 0.5) is 5.69 Å². The Morgan fingerprint density at radius 1 is 1.20 bits per heavy atom. The van der Waals surface area contributed by atoms with Gasteiger partial charge in [0, 0.05) is 35.6 Å². The van der Waals surface area contributed by atoms with Gasteiger partial charge in [-0.2, -0.15) is 15.5 Å². The van der Waals surface area contributed by atoms with Crippen molar-refractivity contribution in [2.75, 3.05) is 5.43 Å². The van der Waals surface area contributed by atoms with E-state index in [4.69, 9.17) is 4.52 Å². The van der Waals surface area contributed by atoms with Gasteiger partial charge in [0.2, 0.25) is 5.82 Å². The van der Waals surface area contributed by atoms with E-state index in [0.717, 1.165) is 46.7 Å². The van der Waals surface area contributed by atoms with Crippen LogP contribution in [0.25, 0.3) is 34.1 Å². The zero-order valence-corrected chi connectivity index (χ0v) is 16.9. The first-order chi connectivity index (χ1) is 14.6. The van der Waals surface area contributed by atoms with Crippen molar-refractivity contribution in [3.8, 4) is 34.1 Å². The molecule has 0 fully saturated rings. The van der Waals surface area contributed by atoms with Crippen LogP contribution in [0.2, 0.25) is 0 Å². The van der Waals surface area contributed by atoms with Gasteiger partial charge >= 0.3 is 0 Å². The second-order valence-corrected chi connectivity index (χ2v) is 7.82. The fraction of sp³-hybridized carbons (Fsp3) is 0.227. The molecule has 1 aliphatic heterocycles. The Balaban J connectivity index is 1.55. The molecule has 4 aromatic rings. The van der Waals surface area contributed by atoms with Crippen LogP contribution in [0, 0.1) is 5.92 Å². The summed E-state index contributed by atoms with van der Waals surface area (Å²) in [5, 5.41) is 8.82. The number of hydrogen-bond donors (Lipinski definition) is 1. The molecule has 3 aromatic heterocycles. The lowest BCUT2D eigenvalue weighted by Crippen LogP contribution is -2.07. The highest BCUT2D eigenvalue weighted by molar-refractivity contribution is 5.77. The van der Waals surface area contributed by atoms with E-state index in [0.29, 0.717) is 17.6 Å². The van der Waals surface area contributed by atoms with E-state index >= 15 is 0 Å². The van der Waals surface area contributed by atoms with Gasteiger partial charge in [-0.1, -0.05) is 19.0 Å². The molecule has 1 N–H and O–H groups in total. The maximum atomic E-state index is 5.66. The lowest BCUT2D eigenvalue weighted by molar-refractivity contribution is -0.495. The van der Waals surface area contributed by atoms with Gasteiger partial charge in [-0.15, -0.1) is 4.68 Å². The summed E-state index contributed by atoms with van der Waals surface area (Å²) in [6.45, 7) is 9.76. The molecule has 4 heterocycles. The van der Waals surface area contributed by atoms with Crippen LogP contribution in [-0.2, 0) is 13.1 Å². The van der Waals surface area contributed by atoms with Crippen LogP contribution in [0.15, 0.2) is 53.4 Å². The summed E-state index contributed by atoms with van der Waals surface area (Å²) in [4.78, 5) is 8.81. The van der Waals surface area contributed by atoms with Crippen LogP contribution in [0.5, 0.6) is 0 Å². The third-order valence-electron chi connectivity index (χ3n) is 4.99. The second kappa shape index (κ2) is 7.22. The summed E-state index contributed by atoms with van der Waals surface area (Å²) in [5.41, 5.74) is 9.07. The summed E-state index contributed by atoms with van der Waals surface area (Å²) < 4.78 is 9.44. The molecule has 0 radical (unpaired) electrons. The summed E-state index contributed by atoms with van der Waals surface area (Å²) in [6, 6.07) is 9.98.